The van der Waals surface area contributed by atoms with Gasteiger partial charge in [0.2, 0.25) is 0 Å². The average molecular weight is 1050 g/mol. The molecule has 5 heterocycles. The molecule has 4 aliphatic rings. The number of aromatic nitrogens is 2. The number of carbonyl (C=O) groups excluding carboxylic acids is 4. The fourth-order valence-electron chi connectivity index (χ4n) is 10.6. The molecule has 0 radical (unpaired) electrons. The van der Waals surface area contributed by atoms with Crippen molar-refractivity contribution in [3.05, 3.63) is 157 Å². The summed E-state index contributed by atoms with van der Waals surface area (Å²) >= 11 is 0. The van der Waals surface area contributed by atoms with Crippen molar-refractivity contribution >= 4 is 54.3 Å². The molecule has 1 aliphatic carbocycles. The van der Waals surface area contributed by atoms with E-state index in [0.717, 1.165) is 16.7 Å². The van der Waals surface area contributed by atoms with Gasteiger partial charge in [0, 0.05) is 46.8 Å². The third kappa shape index (κ3) is 8.96. The fourth-order valence-corrected chi connectivity index (χ4v) is 13.8. The second-order valence-electron chi connectivity index (χ2n) is 19.5. The Morgan fingerprint density at radius 3 is 2.03 bits per heavy atom. The zero-order valence-corrected chi connectivity index (χ0v) is 42.6. The van der Waals surface area contributed by atoms with Crippen LogP contribution in [0.2, 0.25) is 0 Å². The number of aryl methyl sites for hydroxylation is 3. The van der Waals surface area contributed by atoms with E-state index in [1.54, 1.807) is 62.9 Å². The molecule has 1 saturated heterocycles. The standard InChI is InChI=1S/C54H52FN5O12S2/c1-5-54(66)41-24-45-48-39(26-60(45)51(63)40(41)27-71-52(54)64)47-43(19-18-38-32(4)42(55)25-44(56-48)46(38)47)57-53(65)72-59-22-20-58(21-23-59)50(62)34-12-10-33(11-13-34)49(61)35(28-73(67,68)36-14-6-30(2)7-15-36)29-74(69,70)37-16-8-31(3)9-17-37/h6-17,24-25,35,43,66H,5,18-23,26-29H2,1-4H3,(H,57,65)/t43-,54-/m0/s1. The number of ether oxygens (including phenoxy) is 1. The molecule has 2 N–H and O–H groups in total. The molecular weight excluding hydrogens is 994 g/mol. The highest BCUT2D eigenvalue weighted by atomic mass is 32.2. The molecule has 74 heavy (non-hydrogen) atoms. The highest BCUT2D eigenvalue weighted by molar-refractivity contribution is 7.92. The first-order valence-electron chi connectivity index (χ1n) is 24.2. The van der Waals surface area contributed by atoms with Crippen LogP contribution < -0.4 is 10.9 Å². The van der Waals surface area contributed by atoms with Crippen LogP contribution in [-0.2, 0) is 59.2 Å². The minimum absolute atomic E-state index is 0.0323. The van der Waals surface area contributed by atoms with Crippen molar-refractivity contribution in [2.24, 2.45) is 5.92 Å². The van der Waals surface area contributed by atoms with Gasteiger partial charge in [-0.15, -0.1) is 5.06 Å². The van der Waals surface area contributed by atoms with E-state index in [9.17, 15) is 45.9 Å². The van der Waals surface area contributed by atoms with Crippen molar-refractivity contribution in [2.45, 2.75) is 81.5 Å². The van der Waals surface area contributed by atoms with Gasteiger partial charge in [-0.1, -0.05) is 54.4 Å². The van der Waals surface area contributed by atoms with Crippen molar-refractivity contribution in [1.29, 1.82) is 0 Å². The van der Waals surface area contributed by atoms with Gasteiger partial charge in [-0.3, -0.25) is 14.4 Å². The zero-order valence-electron chi connectivity index (χ0n) is 40.9. The molecule has 2 aromatic heterocycles. The van der Waals surface area contributed by atoms with Gasteiger partial charge in [0.15, 0.2) is 31.1 Å². The molecule has 4 aromatic carbocycles. The maximum absolute atomic E-state index is 15.4. The van der Waals surface area contributed by atoms with E-state index in [0.29, 0.717) is 51.8 Å². The van der Waals surface area contributed by atoms with Gasteiger partial charge in [-0.05, 0) is 99.2 Å². The fraction of sp³-hybridized carbons (Fsp3) is 0.333. The summed E-state index contributed by atoms with van der Waals surface area (Å²) in [4.78, 5) is 80.5. The van der Waals surface area contributed by atoms with Crippen molar-refractivity contribution in [3.63, 3.8) is 0 Å². The van der Waals surface area contributed by atoms with Crippen molar-refractivity contribution in [2.75, 3.05) is 37.7 Å². The number of esters is 1. The second-order valence-corrected chi connectivity index (χ2v) is 23.5. The number of hydrogen-bond acceptors (Lipinski definition) is 14. The van der Waals surface area contributed by atoms with Gasteiger partial charge in [0.05, 0.1) is 75.4 Å². The summed E-state index contributed by atoms with van der Waals surface area (Å²) < 4.78 is 76.6. The lowest BCUT2D eigenvalue weighted by molar-refractivity contribution is -0.172. The summed E-state index contributed by atoms with van der Waals surface area (Å²) in [7, 11) is -8.23. The van der Waals surface area contributed by atoms with Crippen molar-refractivity contribution in [1.82, 2.24) is 24.8 Å². The van der Waals surface area contributed by atoms with Crippen LogP contribution in [0.25, 0.3) is 22.3 Å². The molecule has 1 fully saturated rings. The largest absolute Gasteiger partial charge is 0.458 e. The Kier molecular flexibility index (Phi) is 12.9. The smallest absolute Gasteiger partial charge is 0.426 e. The Morgan fingerprint density at radius 1 is 0.838 bits per heavy atom. The van der Waals surface area contributed by atoms with E-state index in [4.69, 9.17) is 14.6 Å². The lowest BCUT2D eigenvalue weighted by Crippen LogP contribution is -2.50. The maximum atomic E-state index is 15.4. The molecule has 2 amide bonds. The van der Waals surface area contributed by atoms with E-state index in [2.05, 4.69) is 5.32 Å². The molecule has 6 aromatic rings. The number of hydroxylamine groups is 2. The van der Waals surface area contributed by atoms with Crippen LogP contribution in [0.1, 0.15) is 91.0 Å². The van der Waals surface area contributed by atoms with Crippen LogP contribution in [0.5, 0.6) is 0 Å². The van der Waals surface area contributed by atoms with E-state index in [1.807, 2.05) is 0 Å². The number of rotatable bonds is 12. The van der Waals surface area contributed by atoms with E-state index in [1.165, 1.54) is 64.2 Å². The Labute approximate surface area is 425 Å². The normalized spacial score (nSPS) is 18.4. The summed E-state index contributed by atoms with van der Waals surface area (Å²) in [5.41, 5.74) is 3.17. The molecule has 0 bridgehead atoms. The second kappa shape index (κ2) is 19.0. The number of nitrogens with zero attached hydrogens (tertiary/aromatic N) is 4. The number of amides is 2. The number of ketones is 1. The minimum Gasteiger partial charge on any atom is -0.458 e. The van der Waals surface area contributed by atoms with Crippen molar-refractivity contribution < 1.29 is 55.1 Å². The Morgan fingerprint density at radius 2 is 1.43 bits per heavy atom. The number of Topliss-reactive ketones (excluding diaryl/α,β-unsaturated/α-hetero) is 1. The molecular formula is C54H52FN5O12S2. The molecule has 17 nitrogen and oxygen atoms in total. The average Bonchev–Trinajstić information content (AvgIpc) is 3.77. The van der Waals surface area contributed by atoms with Gasteiger partial charge in [-0.25, -0.2) is 35.8 Å². The van der Waals surface area contributed by atoms with Gasteiger partial charge in [0.1, 0.15) is 12.4 Å². The van der Waals surface area contributed by atoms with E-state index in [-0.39, 0.29) is 83.7 Å². The van der Waals surface area contributed by atoms with Crippen LogP contribution in [0.4, 0.5) is 9.18 Å². The van der Waals surface area contributed by atoms with Crippen LogP contribution in [0.15, 0.2) is 99.5 Å². The first-order valence-corrected chi connectivity index (χ1v) is 27.5. The molecule has 20 heteroatoms. The third-order valence-corrected chi connectivity index (χ3v) is 18.5. The first-order chi connectivity index (χ1) is 35.2. The molecule has 384 valence electrons. The zero-order chi connectivity index (χ0) is 52.6. The third-order valence-electron chi connectivity index (χ3n) is 14.8. The number of benzene rings is 4. The Balaban J connectivity index is 0.823. The van der Waals surface area contributed by atoms with E-state index >= 15 is 4.39 Å². The number of cyclic esters (lactones) is 1. The predicted octanol–water partition coefficient (Wildman–Crippen LogP) is 5.98. The maximum Gasteiger partial charge on any atom is 0.426 e. The number of piperazine rings is 1. The van der Waals surface area contributed by atoms with Crippen molar-refractivity contribution in [3.8, 4) is 11.4 Å². The Bertz CT molecular complexity index is 3560. The number of aliphatic hydroxyl groups is 1. The van der Waals surface area contributed by atoms with Gasteiger partial charge >= 0.3 is 12.1 Å². The van der Waals surface area contributed by atoms with Crippen LogP contribution in [0, 0.1) is 32.5 Å². The number of sulfone groups is 2. The number of pyridine rings is 2. The number of nitrogens with one attached hydrogen (secondary N) is 1. The number of carbonyl (C=O) groups is 4. The highest BCUT2D eigenvalue weighted by Gasteiger charge is 2.46. The molecule has 0 saturated carbocycles. The van der Waals surface area contributed by atoms with Crippen LogP contribution in [0.3, 0.4) is 0 Å². The molecule has 10 rings (SSSR count). The Hall–Kier alpha value is -7.13. The molecule has 0 spiro atoms. The van der Waals surface area contributed by atoms with E-state index < -0.39 is 78.0 Å². The van der Waals surface area contributed by atoms with Crippen LogP contribution >= 0.6 is 0 Å². The molecule has 3 aliphatic heterocycles. The number of halogens is 1. The number of hydrogen-bond donors (Lipinski definition) is 2. The number of fused-ring (bicyclic) bond motifs is 5. The highest BCUT2D eigenvalue weighted by Crippen LogP contribution is 2.46. The lowest BCUT2D eigenvalue weighted by atomic mass is 9.81. The predicted molar refractivity (Wildman–Crippen MR) is 268 cm³/mol. The first kappa shape index (κ1) is 50.4. The summed E-state index contributed by atoms with van der Waals surface area (Å²) in [6.45, 7) is 7.24. The lowest BCUT2D eigenvalue weighted by Gasteiger charge is -2.34. The summed E-state index contributed by atoms with van der Waals surface area (Å²) in [6.07, 6.45) is -0.0478. The SMILES string of the molecule is CC[C@@]1(O)C(=O)OCc2c1cc1n(c2=O)Cc2c-1nc1cc(F)c(C)c3c1c2[C@@H](NC(=O)ON1CCN(C(=O)c2ccc(C(=O)C(CS(=O)(=O)c4ccc(C)cc4)CS(=O)(=O)c4ccc(C)cc4)cc2)CC1)CC3. The van der Waals surface area contributed by atoms with Gasteiger partial charge < -0.3 is 29.5 Å². The monoisotopic (exact) mass is 1050 g/mol. The van der Waals surface area contributed by atoms with Crippen LogP contribution in [-0.4, -0.2) is 103 Å². The summed E-state index contributed by atoms with van der Waals surface area (Å²) in [5, 5.41) is 16.5. The molecule has 2 atom stereocenters. The quantitative estimate of drug-likeness (QED) is 0.106. The summed E-state index contributed by atoms with van der Waals surface area (Å²) in [5.74, 6) is -5.40. The minimum atomic E-state index is -4.12. The topological polar surface area (TPSA) is 229 Å². The van der Waals surface area contributed by atoms with Gasteiger partial charge in [-0.2, -0.15) is 0 Å². The summed E-state index contributed by atoms with van der Waals surface area (Å²) in [6, 6.07) is 20.0. The molecule has 0 unspecified atom stereocenters. The van der Waals surface area contributed by atoms with Gasteiger partial charge in [0.25, 0.3) is 11.5 Å².